The van der Waals surface area contributed by atoms with E-state index in [0.29, 0.717) is 24.2 Å². The Hall–Kier alpha value is -1.39. The maximum Gasteiger partial charge on any atom is 0.222 e. The van der Waals surface area contributed by atoms with Crippen molar-refractivity contribution in [1.29, 1.82) is 0 Å². The van der Waals surface area contributed by atoms with E-state index in [1.807, 2.05) is 4.90 Å². The minimum atomic E-state index is 0.300. The molecule has 0 bridgehead atoms. The Bertz CT molecular complexity index is 459. The lowest BCUT2D eigenvalue weighted by atomic mass is 9.96. The first-order valence-corrected chi connectivity index (χ1v) is 7.89. The third-order valence-electron chi connectivity index (χ3n) is 4.32. The molecule has 3 rings (SSSR count). The highest BCUT2D eigenvalue weighted by Crippen LogP contribution is 2.40. The van der Waals surface area contributed by atoms with Crippen LogP contribution in [0.25, 0.3) is 0 Å². The molecule has 1 amide bonds. The molecule has 1 aliphatic heterocycles. The Kier molecular flexibility index (Phi) is 4.03. The molecule has 5 nitrogen and oxygen atoms in total. The minimum absolute atomic E-state index is 0.300. The van der Waals surface area contributed by atoms with E-state index >= 15 is 0 Å². The number of amides is 1. The molecule has 0 aromatic carbocycles. The van der Waals surface area contributed by atoms with E-state index in [-0.39, 0.29) is 0 Å². The number of likely N-dealkylation sites (tertiary alicyclic amines) is 1. The lowest BCUT2D eigenvalue weighted by molar-refractivity contribution is -0.132. The lowest BCUT2D eigenvalue weighted by Crippen LogP contribution is -2.37. The SMILES string of the molecule is CCCCC(=O)N1CCC(c2nnc(C3CC3)o2)CC1. The van der Waals surface area contributed by atoms with Gasteiger partial charge in [0.05, 0.1) is 0 Å². The number of carbonyl (C=O) groups is 1. The molecular formula is C15H23N3O2. The third-order valence-corrected chi connectivity index (χ3v) is 4.32. The van der Waals surface area contributed by atoms with Crippen LogP contribution >= 0.6 is 0 Å². The monoisotopic (exact) mass is 277 g/mol. The standard InChI is InChI=1S/C15H23N3O2/c1-2-3-4-13(19)18-9-7-12(8-10-18)15-17-16-14(20-15)11-5-6-11/h11-12H,2-10H2,1H3. The molecule has 0 radical (unpaired) electrons. The highest BCUT2D eigenvalue weighted by molar-refractivity contribution is 5.76. The van der Waals surface area contributed by atoms with E-state index in [1.54, 1.807) is 0 Å². The quantitative estimate of drug-likeness (QED) is 0.830. The van der Waals surface area contributed by atoms with Crippen molar-refractivity contribution in [2.45, 2.75) is 63.7 Å². The largest absolute Gasteiger partial charge is 0.425 e. The van der Waals surface area contributed by atoms with Crippen LogP contribution in [0.5, 0.6) is 0 Å². The highest BCUT2D eigenvalue weighted by atomic mass is 16.4. The Morgan fingerprint density at radius 1 is 1.15 bits per heavy atom. The Labute approximate surface area is 119 Å². The minimum Gasteiger partial charge on any atom is -0.425 e. The fourth-order valence-corrected chi connectivity index (χ4v) is 2.77. The lowest BCUT2D eigenvalue weighted by Gasteiger charge is -2.30. The van der Waals surface area contributed by atoms with Crippen LogP contribution in [0.3, 0.4) is 0 Å². The summed E-state index contributed by atoms with van der Waals surface area (Å²) in [6.07, 6.45) is 7.03. The van der Waals surface area contributed by atoms with Crippen molar-refractivity contribution < 1.29 is 9.21 Å². The summed E-state index contributed by atoms with van der Waals surface area (Å²) in [4.78, 5) is 14.0. The normalized spacial score (nSPS) is 20.4. The zero-order valence-electron chi connectivity index (χ0n) is 12.2. The first kappa shape index (κ1) is 13.6. The van der Waals surface area contributed by atoms with E-state index in [1.165, 1.54) is 12.8 Å². The summed E-state index contributed by atoms with van der Waals surface area (Å²) < 4.78 is 5.78. The van der Waals surface area contributed by atoms with Crippen LogP contribution in [-0.2, 0) is 4.79 Å². The summed E-state index contributed by atoms with van der Waals surface area (Å²) >= 11 is 0. The van der Waals surface area contributed by atoms with Gasteiger partial charge in [-0.15, -0.1) is 10.2 Å². The van der Waals surface area contributed by atoms with Crippen LogP contribution in [0, 0.1) is 0 Å². The molecule has 110 valence electrons. The summed E-state index contributed by atoms with van der Waals surface area (Å²) in [5.74, 6) is 2.76. The van der Waals surface area contributed by atoms with Gasteiger partial charge in [-0.3, -0.25) is 4.79 Å². The van der Waals surface area contributed by atoms with E-state index in [9.17, 15) is 4.79 Å². The molecular weight excluding hydrogens is 254 g/mol. The van der Waals surface area contributed by atoms with Gasteiger partial charge in [0.2, 0.25) is 17.7 Å². The molecule has 2 heterocycles. The number of aromatic nitrogens is 2. The number of carbonyl (C=O) groups excluding carboxylic acids is 1. The average Bonchev–Trinajstić information content (AvgIpc) is 3.22. The predicted molar refractivity (Wildman–Crippen MR) is 74.4 cm³/mol. The number of hydrogen-bond donors (Lipinski definition) is 0. The number of hydrogen-bond acceptors (Lipinski definition) is 4. The van der Waals surface area contributed by atoms with Crippen LogP contribution in [-0.4, -0.2) is 34.1 Å². The summed E-state index contributed by atoms with van der Waals surface area (Å²) in [5, 5.41) is 8.35. The molecule has 5 heteroatoms. The molecule has 1 aliphatic carbocycles. The molecule has 0 unspecified atom stereocenters. The highest BCUT2D eigenvalue weighted by Gasteiger charge is 2.32. The molecule has 2 fully saturated rings. The molecule has 2 aliphatic rings. The number of nitrogens with zero attached hydrogens (tertiary/aromatic N) is 3. The molecule has 1 saturated heterocycles. The molecule has 0 N–H and O–H groups in total. The summed E-state index contributed by atoms with van der Waals surface area (Å²) in [6.45, 7) is 3.77. The van der Waals surface area contributed by atoms with E-state index in [4.69, 9.17) is 4.42 Å². The topological polar surface area (TPSA) is 59.2 Å². The van der Waals surface area contributed by atoms with Crippen LogP contribution in [0.1, 0.15) is 75.5 Å². The second-order valence-corrected chi connectivity index (χ2v) is 6.01. The van der Waals surface area contributed by atoms with E-state index in [0.717, 1.165) is 50.6 Å². The first-order valence-electron chi connectivity index (χ1n) is 7.89. The summed E-state index contributed by atoms with van der Waals surface area (Å²) in [6, 6.07) is 0. The Morgan fingerprint density at radius 3 is 2.30 bits per heavy atom. The molecule has 0 atom stereocenters. The number of rotatable bonds is 5. The second-order valence-electron chi connectivity index (χ2n) is 6.01. The van der Waals surface area contributed by atoms with Crippen molar-refractivity contribution >= 4 is 5.91 Å². The van der Waals surface area contributed by atoms with Gasteiger partial charge in [0.1, 0.15) is 0 Å². The maximum atomic E-state index is 12.0. The van der Waals surface area contributed by atoms with Gasteiger partial charge in [0, 0.05) is 31.3 Å². The van der Waals surface area contributed by atoms with Crippen molar-refractivity contribution in [2.75, 3.05) is 13.1 Å². The smallest absolute Gasteiger partial charge is 0.222 e. The van der Waals surface area contributed by atoms with E-state index < -0.39 is 0 Å². The molecule has 1 aromatic rings. The van der Waals surface area contributed by atoms with Crippen molar-refractivity contribution in [2.24, 2.45) is 0 Å². The molecule has 0 spiro atoms. The fraction of sp³-hybridized carbons (Fsp3) is 0.800. The molecule has 20 heavy (non-hydrogen) atoms. The summed E-state index contributed by atoms with van der Waals surface area (Å²) in [5.41, 5.74) is 0. The van der Waals surface area contributed by atoms with Gasteiger partial charge in [0.25, 0.3) is 0 Å². The predicted octanol–water partition coefficient (Wildman–Crippen LogP) is 2.84. The Balaban J connectivity index is 1.51. The van der Waals surface area contributed by atoms with Gasteiger partial charge in [-0.1, -0.05) is 13.3 Å². The van der Waals surface area contributed by atoms with Crippen LogP contribution < -0.4 is 0 Å². The van der Waals surface area contributed by atoms with Gasteiger partial charge >= 0.3 is 0 Å². The van der Waals surface area contributed by atoms with Gasteiger partial charge in [-0.25, -0.2) is 0 Å². The van der Waals surface area contributed by atoms with Crippen LogP contribution in [0.4, 0.5) is 0 Å². The third kappa shape index (κ3) is 3.02. The number of unbranched alkanes of at least 4 members (excludes halogenated alkanes) is 1. The van der Waals surface area contributed by atoms with Gasteiger partial charge in [0.15, 0.2) is 0 Å². The number of piperidine rings is 1. The van der Waals surface area contributed by atoms with Crippen LogP contribution in [0.2, 0.25) is 0 Å². The molecule has 1 saturated carbocycles. The fourth-order valence-electron chi connectivity index (χ4n) is 2.77. The zero-order valence-corrected chi connectivity index (χ0v) is 12.2. The second kappa shape index (κ2) is 5.94. The maximum absolute atomic E-state index is 12.0. The van der Waals surface area contributed by atoms with Gasteiger partial charge in [-0.05, 0) is 32.1 Å². The molecule has 1 aromatic heterocycles. The van der Waals surface area contributed by atoms with Crippen LogP contribution in [0.15, 0.2) is 4.42 Å². The van der Waals surface area contributed by atoms with Crippen molar-refractivity contribution in [3.8, 4) is 0 Å². The summed E-state index contributed by atoms with van der Waals surface area (Å²) in [7, 11) is 0. The van der Waals surface area contributed by atoms with Gasteiger partial charge < -0.3 is 9.32 Å². The zero-order chi connectivity index (χ0) is 13.9. The van der Waals surface area contributed by atoms with Crippen molar-refractivity contribution in [3.63, 3.8) is 0 Å². The van der Waals surface area contributed by atoms with E-state index in [2.05, 4.69) is 17.1 Å². The first-order chi connectivity index (χ1) is 9.78. The Morgan fingerprint density at radius 2 is 1.75 bits per heavy atom. The van der Waals surface area contributed by atoms with Crippen molar-refractivity contribution in [3.05, 3.63) is 11.8 Å². The average molecular weight is 277 g/mol. The van der Waals surface area contributed by atoms with Gasteiger partial charge in [-0.2, -0.15) is 0 Å². The van der Waals surface area contributed by atoms with Crippen molar-refractivity contribution in [1.82, 2.24) is 15.1 Å².